The van der Waals surface area contributed by atoms with Crippen LogP contribution >= 0.6 is 0 Å². The first kappa shape index (κ1) is 14.4. The molecule has 1 aliphatic carbocycles. The van der Waals surface area contributed by atoms with E-state index in [0.29, 0.717) is 19.6 Å². The summed E-state index contributed by atoms with van der Waals surface area (Å²) in [6, 6.07) is -0.469. The van der Waals surface area contributed by atoms with Crippen molar-refractivity contribution in [3.8, 4) is 0 Å². The van der Waals surface area contributed by atoms with E-state index in [9.17, 15) is 9.90 Å². The number of carbonyl (C=O) groups is 1. The summed E-state index contributed by atoms with van der Waals surface area (Å²) in [7, 11) is 1.63. The Balaban J connectivity index is 2.15. The maximum atomic E-state index is 11.6. The number of hydrogen-bond donors (Lipinski definition) is 3. The lowest BCUT2D eigenvalue weighted by Crippen LogP contribution is -2.43. The monoisotopic (exact) mass is 244 g/mol. The highest BCUT2D eigenvalue weighted by molar-refractivity contribution is 5.81. The standard InChI is InChI=1S/C12H24N2O3/c1-17-7-3-5-10(13)12(16)14-8-9-4-2-6-11(9)15/h9-11,15H,2-8,13H2,1H3,(H,14,16). The fourth-order valence-corrected chi connectivity index (χ4v) is 2.20. The number of nitrogens with one attached hydrogen (secondary N) is 1. The number of aliphatic hydroxyl groups is 1. The molecule has 1 amide bonds. The Morgan fingerprint density at radius 2 is 2.35 bits per heavy atom. The first-order valence-corrected chi connectivity index (χ1v) is 6.35. The van der Waals surface area contributed by atoms with Gasteiger partial charge in [0.25, 0.3) is 0 Å². The molecule has 0 aromatic carbocycles. The number of hydrogen-bond acceptors (Lipinski definition) is 4. The Hall–Kier alpha value is -0.650. The molecule has 0 heterocycles. The van der Waals surface area contributed by atoms with Gasteiger partial charge in [-0.3, -0.25) is 4.79 Å². The van der Waals surface area contributed by atoms with E-state index in [0.717, 1.165) is 25.7 Å². The first-order valence-electron chi connectivity index (χ1n) is 6.35. The molecule has 1 aliphatic rings. The van der Waals surface area contributed by atoms with E-state index in [-0.39, 0.29) is 17.9 Å². The number of methoxy groups -OCH3 is 1. The number of amides is 1. The maximum absolute atomic E-state index is 11.6. The van der Waals surface area contributed by atoms with Gasteiger partial charge in [0.15, 0.2) is 0 Å². The number of rotatable bonds is 7. The molecular weight excluding hydrogens is 220 g/mol. The second-order valence-corrected chi connectivity index (χ2v) is 4.75. The van der Waals surface area contributed by atoms with Crippen LogP contribution in [-0.2, 0) is 9.53 Å². The van der Waals surface area contributed by atoms with Crippen molar-refractivity contribution in [3.05, 3.63) is 0 Å². The van der Waals surface area contributed by atoms with Crippen LogP contribution in [0, 0.1) is 5.92 Å². The average molecular weight is 244 g/mol. The van der Waals surface area contributed by atoms with E-state index in [2.05, 4.69) is 5.32 Å². The largest absolute Gasteiger partial charge is 0.393 e. The molecule has 1 saturated carbocycles. The highest BCUT2D eigenvalue weighted by Crippen LogP contribution is 2.24. The fourth-order valence-electron chi connectivity index (χ4n) is 2.20. The SMILES string of the molecule is COCCCC(N)C(=O)NCC1CCCC1O. The average Bonchev–Trinajstić information content (AvgIpc) is 2.72. The van der Waals surface area contributed by atoms with Crippen molar-refractivity contribution in [2.24, 2.45) is 11.7 Å². The predicted molar refractivity (Wildman–Crippen MR) is 65.4 cm³/mol. The van der Waals surface area contributed by atoms with Gasteiger partial charge in [0.2, 0.25) is 5.91 Å². The third-order valence-corrected chi connectivity index (χ3v) is 3.36. The smallest absolute Gasteiger partial charge is 0.236 e. The Labute approximate surface area is 103 Å². The highest BCUT2D eigenvalue weighted by atomic mass is 16.5. The molecule has 4 N–H and O–H groups in total. The Morgan fingerprint density at radius 3 is 2.94 bits per heavy atom. The van der Waals surface area contributed by atoms with Gasteiger partial charge < -0.3 is 20.9 Å². The molecule has 1 rings (SSSR count). The molecule has 5 nitrogen and oxygen atoms in total. The van der Waals surface area contributed by atoms with Crippen molar-refractivity contribution < 1.29 is 14.6 Å². The molecule has 3 unspecified atom stereocenters. The molecule has 0 radical (unpaired) electrons. The minimum absolute atomic E-state index is 0.125. The van der Waals surface area contributed by atoms with E-state index in [1.807, 2.05) is 0 Å². The lowest BCUT2D eigenvalue weighted by molar-refractivity contribution is -0.122. The number of aliphatic hydroxyl groups excluding tert-OH is 1. The van der Waals surface area contributed by atoms with Crippen LogP contribution in [0.4, 0.5) is 0 Å². The van der Waals surface area contributed by atoms with E-state index < -0.39 is 6.04 Å². The molecular formula is C12H24N2O3. The molecule has 0 aromatic rings. The van der Waals surface area contributed by atoms with Gasteiger partial charge in [0, 0.05) is 26.2 Å². The molecule has 0 bridgehead atoms. The lowest BCUT2D eigenvalue weighted by atomic mass is 10.1. The van der Waals surface area contributed by atoms with Gasteiger partial charge in [-0.1, -0.05) is 6.42 Å². The Kier molecular flexibility index (Phi) is 6.47. The summed E-state index contributed by atoms with van der Waals surface area (Å²) >= 11 is 0. The first-order chi connectivity index (χ1) is 8.15. The van der Waals surface area contributed by atoms with Crippen molar-refractivity contribution in [3.63, 3.8) is 0 Å². The zero-order valence-corrected chi connectivity index (χ0v) is 10.5. The van der Waals surface area contributed by atoms with Gasteiger partial charge in [-0.25, -0.2) is 0 Å². The van der Waals surface area contributed by atoms with Crippen LogP contribution in [0.1, 0.15) is 32.1 Å². The summed E-state index contributed by atoms with van der Waals surface area (Å²) in [4.78, 5) is 11.6. The van der Waals surface area contributed by atoms with Crippen molar-refractivity contribution in [1.29, 1.82) is 0 Å². The van der Waals surface area contributed by atoms with Crippen LogP contribution in [0.3, 0.4) is 0 Å². The Morgan fingerprint density at radius 1 is 1.59 bits per heavy atom. The molecule has 0 saturated heterocycles. The van der Waals surface area contributed by atoms with Crippen LogP contribution in [0.15, 0.2) is 0 Å². The molecule has 0 aliphatic heterocycles. The number of nitrogens with two attached hydrogens (primary N) is 1. The van der Waals surface area contributed by atoms with Crippen LogP contribution in [-0.4, -0.2) is 43.4 Å². The topological polar surface area (TPSA) is 84.6 Å². The third-order valence-electron chi connectivity index (χ3n) is 3.36. The molecule has 0 spiro atoms. The lowest BCUT2D eigenvalue weighted by Gasteiger charge is -2.17. The fraction of sp³-hybridized carbons (Fsp3) is 0.917. The molecule has 3 atom stereocenters. The van der Waals surface area contributed by atoms with Gasteiger partial charge in [0.1, 0.15) is 0 Å². The van der Waals surface area contributed by atoms with Crippen LogP contribution < -0.4 is 11.1 Å². The van der Waals surface area contributed by atoms with Gasteiger partial charge in [-0.15, -0.1) is 0 Å². The van der Waals surface area contributed by atoms with Crippen molar-refractivity contribution in [1.82, 2.24) is 5.32 Å². The van der Waals surface area contributed by atoms with E-state index in [4.69, 9.17) is 10.5 Å². The van der Waals surface area contributed by atoms with Crippen molar-refractivity contribution >= 4 is 5.91 Å². The predicted octanol–water partition coefficient (Wildman–Crippen LogP) is 0.0175. The zero-order valence-electron chi connectivity index (χ0n) is 10.5. The molecule has 100 valence electrons. The quantitative estimate of drug-likeness (QED) is 0.551. The summed E-state index contributed by atoms with van der Waals surface area (Å²) in [5.74, 6) is 0.0744. The normalized spacial score (nSPS) is 25.8. The number of ether oxygens (including phenoxy) is 1. The third kappa shape index (κ3) is 5.02. The van der Waals surface area contributed by atoms with Crippen molar-refractivity contribution in [2.75, 3.05) is 20.3 Å². The van der Waals surface area contributed by atoms with Crippen LogP contribution in [0.5, 0.6) is 0 Å². The minimum atomic E-state index is -0.469. The van der Waals surface area contributed by atoms with Crippen LogP contribution in [0.2, 0.25) is 0 Å². The zero-order chi connectivity index (χ0) is 12.7. The molecule has 5 heteroatoms. The number of carbonyl (C=O) groups excluding carboxylic acids is 1. The van der Waals surface area contributed by atoms with Gasteiger partial charge in [0.05, 0.1) is 12.1 Å². The van der Waals surface area contributed by atoms with Crippen LogP contribution in [0.25, 0.3) is 0 Å². The second-order valence-electron chi connectivity index (χ2n) is 4.75. The summed E-state index contributed by atoms with van der Waals surface area (Å²) in [6.45, 7) is 1.17. The van der Waals surface area contributed by atoms with E-state index >= 15 is 0 Å². The van der Waals surface area contributed by atoms with Gasteiger partial charge in [-0.2, -0.15) is 0 Å². The highest BCUT2D eigenvalue weighted by Gasteiger charge is 2.25. The second kappa shape index (κ2) is 7.63. The van der Waals surface area contributed by atoms with Gasteiger partial charge >= 0.3 is 0 Å². The Bertz CT molecular complexity index is 236. The van der Waals surface area contributed by atoms with Gasteiger partial charge in [-0.05, 0) is 25.7 Å². The summed E-state index contributed by atoms with van der Waals surface area (Å²) in [6.07, 6.45) is 4.03. The summed E-state index contributed by atoms with van der Waals surface area (Å²) in [5, 5.41) is 12.4. The van der Waals surface area contributed by atoms with Crippen molar-refractivity contribution in [2.45, 2.75) is 44.2 Å². The summed E-state index contributed by atoms with van der Waals surface area (Å²) in [5.41, 5.74) is 5.75. The molecule has 17 heavy (non-hydrogen) atoms. The van der Waals surface area contributed by atoms with E-state index in [1.54, 1.807) is 7.11 Å². The maximum Gasteiger partial charge on any atom is 0.236 e. The van der Waals surface area contributed by atoms with E-state index in [1.165, 1.54) is 0 Å². The summed E-state index contributed by atoms with van der Waals surface area (Å²) < 4.78 is 4.91. The molecule has 0 aromatic heterocycles. The molecule has 1 fully saturated rings. The minimum Gasteiger partial charge on any atom is -0.393 e.